The molecule has 0 aliphatic heterocycles. The molecule has 0 amide bonds. The Morgan fingerprint density at radius 2 is 2.07 bits per heavy atom. The van der Waals surface area contributed by atoms with Crippen molar-refractivity contribution in [1.29, 1.82) is 0 Å². The second kappa shape index (κ2) is 4.51. The van der Waals surface area contributed by atoms with Crippen LogP contribution in [0.1, 0.15) is 0 Å². The van der Waals surface area contributed by atoms with Gasteiger partial charge >= 0.3 is 0 Å². The van der Waals surface area contributed by atoms with E-state index in [4.69, 9.17) is 23.2 Å². The molecule has 1 aromatic heterocycles. The van der Waals surface area contributed by atoms with Crippen LogP contribution in [0.25, 0.3) is 0 Å². The van der Waals surface area contributed by atoms with E-state index in [-0.39, 0.29) is 22.5 Å². The van der Waals surface area contributed by atoms with E-state index in [9.17, 15) is 13.2 Å². The highest BCUT2D eigenvalue weighted by atomic mass is 35.5. The molecule has 0 aromatic carbocycles. The highest BCUT2D eigenvalue weighted by Crippen LogP contribution is 2.12. The lowest BCUT2D eigenvalue weighted by molar-refractivity contribution is 0.592. The molecule has 15 heavy (non-hydrogen) atoms. The fourth-order valence-electron chi connectivity index (χ4n) is 0.867. The summed E-state index contributed by atoms with van der Waals surface area (Å²) >= 11 is 11.1. The Hall–Kier alpha value is -0.590. The largest absolute Gasteiger partial charge is 0.297 e. The lowest BCUT2D eigenvalue weighted by atomic mass is 10.6. The normalized spacial score (nSPS) is 11.7. The first-order chi connectivity index (χ1) is 6.81. The van der Waals surface area contributed by atoms with Gasteiger partial charge in [0.15, 0.2) is 5.15 Å². The fraction of sp³-hybridized carbons (Fsp3) is 0.429. The number of rotatable bonds is 3. The monoisotopic (exact) mass is 270 g/mol. The molecule has 5 nitrogen and oxygen atoms in total. The summed E-state index contributed by atoms with van der Waals surface area (Å²) < 4.78 is 22.9. The Labute approximate surface area is 96.6 Å². The second-order valence-electron chi connectivity index (χ2n) is 2.98. The number of sulfone groups is 1. The second-order valence-corrected chi connectivity index (χ2v) is 5.97. The fourth-order valence-corrected chi connectivity index (χ4v) is 1.68. The van der Waals surface area contributed by atoms with Crippen LogP contribution in [0.4, 0.5) is 0 Å². The Balaban J connectivity index is 2.98. The number of aryl methyl sites for hydroxylation is 1. The summed E-state index contributed by atoms with van der Waals surface area (Å²) in [6, 6.07) is 0. The van der Waals surface area contributed by atoms with Crippen molar-refractivity contribution < 1.29 is 8.42 Å². The summed E-state index contributed by atoms with van der Waals surface area (Å²) in [5.41, 5.74) is -0.541. The van der Waals surface area contributed by atoms with E-state index in [1.54, 1.807) is 0 Å². The van der Waals surface area contributed by atoms with Crippen LogP contribution < -0.4 is 5.56 Å². The summed E-state index contributed by atoms with van der Waals surface area (Å²) in [7, 11) is -3.13. The molecule has 84 valence electrons. The zero-order chi connectivity index (χ0) is 11.6. The zero-order valence-electron chi connectivity index (χ0n) is 7.77. The Bertz CT molecular complexity index is 524. The first kappa shape index (κ1) is 12.5. The highest BCUT2D eigenvalue weighted by molar-refractivity contribution is 7.90. The molecular weight excluding hydrogens is 263 g/mol. The quantitative estimate of drug-likeness (QED) is 0.755. The van der Waals surface area contributed by atoms with E-state index in [1.165, 1.54) is 6.33 Å². The van der Waals surface area contributed by atoms with Crippen molar-refractivity contribution in [3.63, 3.8) is 0 Å². The summed E-state index contributed by atoms with van der Waals surface area (Å²) in [5.74, 6) is -0.146. The molecule has 0 unspecified atom stereocenters. The molecule has 1 heterocycles. The zero-order valence-corrected chi connectivity index (χ0v) is 10.1. The maximum Gasteiger partial charge on any atom is 0.273 e. The van der Waals surface area contributed by atoms with E-state index >= 15 is 0 Å². The predicted octanol–water partition coefficient (Wildman–Crippen LogP) is 0.595. The highest BCUT2D eigenvalue weighted by Gasteiger charge is 2.09. The van der Waals surface area contributed by atoms with E-state index < -0.39 is 15.4 Å². The van der Waals surface area contributed by atoms with Gasteiger partial charge in [-0.1, -0.05) is 23.2 Å². The number of aromatic nitrogens is 2. The number of halogens is 2. The minimum absolute atomic E-state index is 0.0154. The Kier molecular flexibility index (Phi) is 3.75. The van der Waals surface area contributed by atoms with Gasteiger partial charge in [-0.25, -0.2) is 13.4 Å². The van der Waals surface area contributed by atoms with Crippen LogP contribution >= 0.6 is 23.2 Å². The van der Waals surface area contributed by atoms with Crippen molar-refractivity contribution in [2.75, 3.05) is 12.0 Å². The van der Waals surface area contributed by atoms with Crippen LogP contribution in [0.3, 0.4) is 0 Å². The van der Waals surface area contributed by atoms with Gasteiger partial charge in [-0.15, -0.1) is 0 Å². The van der Waals surface area contributed by atoms with Crippen molar-refractivity contribution in [2.45, 2.75) is 6.54 Å². The molecule has 1 aromatic rings. The maximum absolute atomic E-state index is 11.4. The molecular formula is C7H8Cl2N2O3S. The van der Waals surface area contributed by atoms with Crippen LogP contribution in [-0.4, -0.2) is 30.0 Å². The third kappa shape index (κ3) is 3.48. The molecule has 0 fully saturated rings. The van der Waals surface area contributed by atoms with E-state index in [0.29, 0.717) is 0 Å². The smallest absolute Gasteiger partial charge is 0.273 e. The Morgan fingerprint density at radius 3 is 2.60 bits per heavy atom. The minimum atomic E-state index is -3.13. The molecule has 0 atom stereocenters. The number of nitrogens with zero attached hydrogens (tertiary/aromatic N) is 2. The lowest BCUT2D eigenvalue weighted by Gasteiger charge is -2.04. The average molecular weight is 271 g/mol. The number of hydrogen-bond acceptors (Lipinski definition) is 4. The standard InChI is InChI=1S/C7H8Cl2N2O3S/c1-15(13,14)3-2-11-4-10-6(9)5(8)7(11)12/h4H,2-3H2,1H3. The third-order valence-electron chi connectivity index (χ3n) is 1.64. The molecule has 0 bridgehead atoms. The first-order valence-corrected chi connectivity index (χ1v) is 6.71. The van der Waals surface area contributed by atoms with Gasteiger partial charge in [0.25, 0.3) is 5.56 Å². The van der Waals surface area contributed by atoms with Crippen molar-refractivity contribution >= 4 is 33.0 Å². The molecule has 0 aliphatic carbocycles. The van der Waals surface area contributed by atoms with Gasteiger partial charge in [0, 0.05) is 12.8 Å². The van der Waals surface area contributed by atoms with Gasteiger partial charge < -0.3 is 0 Å². The van der Waals surface area contributed by atoms with Crippen molar-refractivity contribution in [3.05, 3.63) is 26.9 Å². The first-order valence-electron chi connectivity index (χ1n) is 3.89. The van der Waals surface area contributed by atoms with Gasteiger partial charge in [0.1, 0.15) is 14.9 Å². The molecule has 0 saturated carbocycles. The average Bonchev–Trinajstić information content (AvgIpc) is 2.12. The van der Waals surface area contributed by atoms with Crippen LogP contribution in [0.5, 0.6) is 0 Å². The summed E-state index contributed by atoms with van der Waals surface area (Å²) in [4.78, 5) is 15.1. The van der Waals surface area contributed by atoms with E-state index in [0.717, 1.165) is 10.8 Å². The summed E-state index contributed by atoms with van der Waals surface area (Å²) in [5, 5.41) is -0.287. The third-order valence-corrected chi connectivity index (χ3v) is 3.29. The minimum Gasteiger partial charge on any atom is -0.297 e. The molecule has 0 N–H and O–H groups in total. The summed E-state index contributed by atoms with van der Waals surface area (Å²) in [6.07, 6.45) is 2.25. The van der Waals surface area contributed by atoms with Gasteiger partial charge in [-0.05, 0) is 0 Å². The van der Waals surface area contributed by atoms with Crippen molar-refractivity contribution in [3.8, 4) is 0 Å². The van der Waals surface area contributed by atoms with Crippen LogP contribution in [0, 0.1) is 0 Å². The predicted molar refractivity (Wildman–Crippen MR) is 58.2 cm³/mol. The van der Waals surface area contributed by atoms with Crippen LogP contribution in [-0.2, 0) is 16.4 Å². The molecule has 0 aliphatic rings. The molecule has 0 radical (unpaired) electrons. The van der Waals surface area contributed by atoms with Gasteiger partial charge in [0.05, 0.1) is 12.1 Å². The van der Waals surface area contributed by atoms with E-state index in [2.05, 4.69) is 4.98 Å². The van der Waals surface area contributed by atoms with Crippen molar-refractivity contribution in [2.24, 2.45) is 0 Å². The van der Waals surface area contributed by atoms with Gasteiger partial charge in [0.2, 0.25) is 0 Å². The Morgan fingerprint density at radius 1 is 1.47 bits per heavy atom. The maximum atomic E-state index is 11.4. The van der Waals surface area contributed by atoms with Gasteiger partial charge in [-0.2, -0.15) is 0 Å². The molecule has 0 spiro atoms. The number of hydrogen-bond donors (Lipinski definition) is 0. The van der Waals surface area contributed by atoms with Gasteiger partial charge in [-0.3, -0.25) is 9.36 Å². The van der Waals surface area contributed by atoms with Crippen LogP contribution in [0.15, 0.2) is 11.1 Å². The topological polar surface area (TPSA) is 69.0 Å². The molecule has 8 heteroatoms. The SMILES string of the molecule is CS(=O)(=O)CCn1cnc(Cl)c(Cl)c1=O. The molecule has 0 saturated heterocycles. The van der Waals surface area contributed by atoms with Crippen molar-refractivity contribution in [1.82, 2.24) is 9.55 Å². The lowest BCUT2D eigenvalue weighted by Crippen LogP contribution is -2.24. The van der Waals surface area contributed by atoms with Crippen LogP contribution in [0.2, 0.25) is 10.2 Å². The summed E-state index contributed by atoms with van der Waals surface area (Å²) in [6.45, 7) is 0.0154. The molecule has 1 rings (SSSR count). The van der Waals surface area contributed by atoms with E-state index in [1.807, 2.05) is 0 Å².